The summed E-state index contributed by atoms with van der Waals surface area (Å²) in [5.41, 5.74) is 1.76. The molecule has 0 bridgehead atoms. The van der Waals surface area contributed by atoms with Gasteiger partial charge in [-0.05, 0) is 18.9 Å². The second kappa shape index (κ2) is 17.3. The van der Waals surface area contributed by atoms with Crippen LogP contribution in [0.4, 0.5) is 4.79 Å². The Morgan fingerprint density at radius 1 is 1.08 bits per heavy atom. The fourth-order valence-corrected chi connectivity index (χ4v) is 5.25. The molecule has 2 saturated heterocycles. The summed E-state index contributed by atoms with van der Waals surface area (Å²) in [6, 6.07) is 4.49. The van der Waals surface area contributed by atoms with Crippen LogP contribution >= 0.6 is 0 Å². The first-order valence-electron chi connectivity index (χ1n) is 15.7. The molecule has 4 rings (SSSR count). The zero-order valence-electron chi connectivity index (χ0n) is 27.4. The molecule has 2 aliphatic rings. The van der Waals surface area contributed by atoms with Gasteiger partial charge in [-0.25, -0.2) is 14.3 Å². The molecule has 0 spiro atoms. The van der Waals surface area contributed by atoms with Gasteiger partial charge in [-0.3, -0.25) is 19.2 Å². The van der Waals surface area contributed by atoms with Crippen molar-refractivity contribution in [1.82, 2.24) is 30.7 Å². The summed E-state index contributed by atoms with van der Waals surface area (Å²) in [5.74, 6) is -2.22. The van der Waals surface area contributed by atoms with E-state index in [0.717, 1.165) is 0 Å². The molecule has 1 aromatic heterocycles. The van der Waals surface area contributed by atoms with Crippen LogP contribution < -0.4 is 15.4 Å². The van der Waals surface area contributed by atoms with Crippen molar-refractivity contribution in [3.8, 4) is 17.0 Å². The highest BCUT2D eigenvalue weighted by Crippen LogP contribution is 2.27. The van der Waals surface area contributed by atoms with E-state index in [4.69, 9.17) is 23.8 Å². The molecule has 3 heterocycles. The van der Waals surface area contributed by atoms with E-state index in [2.05, 4.69) is 20.9 Å². The highest BCUT2D eigenvalue weighted by atomic mass is 16.7. The lowest BCUT2D eigenvalue weighted by atomic mass is 9.97. The minimum Gasteiger partial charge on any atom is -0.496 e. The van der Waals surface area contributed by atoms with Crippen LogP contribution in [0.1, 0.15) is 57.9 Å². The van der Waals surface area contributed by atoms with E-state index < -0.39 is 54.2 Å². The van der Waals surface area contributed by atoms with E-state index >= 15 is 0 Å². The first kappa shape index (κ1) is 36.7. The van der Waals surface area contributed by atoms with Crippen molar-refractivity contribution in [3.05, 3.63) is 30.0 Å². The second-order valence-electron chi connectivity index (χ2n) is 11.5. The number of carbonyl (C=O) groups is 6. The van der Waals surface area contributed by atoms with Crippen molar-refractivity contribution in [1.29, 1.82) is 0 Å². The summed E-state index contributed by atoms with van der Waals surface area (Å²) in [6.07, 6.45) is -0.302. The maximum atomic E-state index is 12.2. The molecule has 0 saturated carbocycles. The number of ether oxygens (including phenoxy) is 4. The van der Waals surface area contributed by atoms with Gasteiger partial charge >= 0.3 is 18.0 Å². The summed E-state index contributed by atoms with van der Waals surface area (Å²) < 4.78 is 23.3. The van der Waals surface area contributed by atoms with Crippen molar-refractivity contribution in [2.45, 2.75) is 89.9 Å². The Labute approximate surface area is 281 Å². The summed E-state index contributed by atoms with van der Waals surface area (Å²) in [4.78, 5) is 75.1. The van der Waals surface area contributed by atoms with E-state index in [9.17, 15) is 33.9 Å². The maximum Gasteiger partial charge on any atom is 0.407 e. The molecule has 2 fully saturated rings. The van der Waals surface area contributed by atoms with Gasteiger partial charge in [0, 0.05) is 50.8 Å². The lowest BCUT2D eigenvalue weighted by molar-refractivity contribution is -0.197. The van der Waals surface area contributed by atoms with Crippen LogP contribution in [0.2, 0.25) is 0 Å². The molecule has 0 aliphatic carbocycles. The van der Waals surface area contributed by atoms with Gasteiger partial charge in [0.2, 0.25) is 5.91 Å². The molecular formula is C31H40N6O12. The van der Waals surface area contributed by atoms with E-state index in [-0.39, 0.29) is 44.9 Å². The molecule has 1 aromatic carbocycles. The van der Waals surface area contributed by atoms with Crippen LogP contribution in [0.25, 0.3) is 11.3 Å². The molecule has 18 heteroatoms. The molecule has 266 valence electrons. The SMILES string of the molecule is COc1cc(-c2cn(CC3OC[C@@H](NC(C)=O)C(OC(C)=O)C3O)nn2)ccc1COC(=O)NCCCCCC(=O)ON1C(=O)CCC1=O. The molecule has 2 aromatic rings. The summed E-state index contributed by atoms with van der Waals surface area (Å²) in [5, 5.41) is 25.0. The molecule has 0 radical (unpaired) electrons. The highest BCUT2D eigenvalue weighted by molar-refractivity contribution is 6.01. The molecule has 3 unspecified atom stereocenters. The van der Waals surface area contributed by atoms with E-state index in [1.54, 1.807) is 24.4 Å². The lowest BCUT2D eigenvalue weighted by Crippen LogP contribution is -2.61. The maximum absolute atomic E-state index is 12.2. The Bertz CT molecular complexity index is 1510. The quantitative estimate of drug-likeness (QED) is 0.132. The lowest BCUT2D eigenvalue weighted by Gasteiger charge is -2.39. The number of methoxy groups -OCH3 is 1. The fourth-order valence-electron chi connectivity index (χ4n) is 5.25. The van der Waals surface area contributed by atoms with Gasteiger partial charge in [0.25, 0.3) is 11.8 Å². The normalized spacial score (nSPS) is 20.4. The number of aliphatic hydroxyl groups is 1. The minimum absolute atomic E-state index is 0.0201. The number of nitrogens with zero attached hydrogens (tertiary/aromatic N) is 4. The van der Waals surface area contributed by atoms with Crippen LogP contribution in [-0.4, -0.2) is 106 Å². The monoisotopic (exact) mass is 688 g/mol. The topological polar surface area (TPSA) is 227 Å². The minimum atomic E-state index is -1.24. The molecular weight excluding hydrogens is 648 g/mol. The molecule has 18 nitrogen and oxygen atoms in total. The molecule has 4 atom stereocenters. The summed E-state index contributed by atoms with van der Waals surface area (Å²) >= 11 is 0. The van der Waals surface area contributed by atoms with Crippen molar-refractivity contribution >= 4 is 35.8 Å². The Hall–Kier alpha value is -5.10. The third kappa shape index (κ3) is 10.4. The molecule has 4 amide bonds. The summed E-state index contributed by atoms with van der Waals surface area (Å²) in [6.45, 7) is 2.89. The number of benzene rings is 1. The molecule has 49 heavy (non-hydrogen) atoms. The number of aliphatic hydroxyl groups excluding tert-OH is 1. The number of nitrogens with one attached hydrogen (secondary N) is 2. The first-order chi connectivity index (χ1) is 23.4. The Morgan fingerprint density at radius 3 is 2.53 bits per heavy atom. The number of hydrogen-bond donors (Lipinski definition) is 3. The van der Waals surface area contributed by atoms with Crippen LogP contribution in [0, 0.1) is 0 Å². The van der Waals surface area contributed by atoms with Crippen molar-refractivity contribution in [2.75, 3.05) is 20.3 Å². The third-order valence-electron chi connectivity index (χ3n) is 7.67. The third-order valence-corrected chi connectivity index (χ3v) is 7.67. The van der Waals surface area contributed by atoms with Crippen LogP contribution in [0.3, 0.4) is 0 Å². The van der Waals surface area contributed by atoms with Crippen molar-refractivity contribution in [3.63, 3.8) is 0 Å². The van der Waals surface area contributed by atoms with E-state index in [1.165, 1.54) is 25.6 Å². The Morgan fingerprint density at radius 2 is 1.84 bits per heavy atom. The zero-order valence-corrected chi connectivity index (χ0v) is 27.4. The average molecular weight is 689 g/mol. The standard InChI is InChI=1S/C31H40N6O12/c1-18(38)33-23-17-46-25(29(43)30(23)48-19(2)39)15-36-14-22(34-35-36)20-8-9-21(24(13-20)45-3)16-47-31(44)32-12-6-4-5-7-28(42)49-37-26(40)10-11-27(37)41/h8-9,13-14,23,25,29-30,43H,4-7,10-12,15-17H2,1-3H3,(H,32,44)(H,33,38)/t23-,25?,29?,30?/m1/s1. The van der Waals surface area contributed by atoms with Gasteiger partial charge in [-0.1, -0.05) is 23.8 Å². The number of alkyl carbamates (subject to hydrolysis) is 1. The van der Waals surface area contributed by atoms with Gasteiger partial charge in [0.15, 0.2) is 6.10 Å². The average Bonchev–Trinajstić information content (AvgIpc) is 3.66. The Kier molecular flexibility index (Phi) is 13.0. The van der Waals surface area contributed by atoms with Gasteiger partial charge in [0.1, 0.15) is 30.3 Å². The number of amides is 4. The number of hydroxylamine groups is 2. The smallest absolute Gasteiger partial charge is 0.407 e. The van der Waals surface area contributed by atoms with Crippen LogP contribution in [0.15, 0.2) is 24.4 Å². The number of hydrogen-bond acceptors (Lipinski definition) is 14. The number of aromatic nitrogens is 3. The van der Waals surface area contributed by atoms with Crippen LogP contribution in [0.5, 0.6) is 5.75 Å². The number of imide groups is 1. The van der Waals surface area contributed by atoms with Gasteiger partial charge in [-0.2, -0.15) is 0 Å². The van der Waals surface area contributed by atoms with E-state index in [0.29, 0.717) is 53.4 Å². The number of rotatable bonds is 15. The van der Waals surface area contributed by atoms with Gasteiger partial charge < -0.3 is 39.5 Å². The second-order valence-corrected chi connectivity index (χ2v) is 11.5. The first-order valence-corrected chi connectivity index (χ1v) is 15.7. The van der Waals surface area contributed by atoms with Crippen LogP contribution in [-0.2, 0) is 56.2 Å². The number of carbonyl (C=O) groups excluding carboxylic acids is 6. The summed E-state index contributed by atoms with van der Waals surface area (Å²) in [7, 11) is 1.48. The predicted molar refractivity (Wildman–Crippen MR) is 165 cm³/mol. The fraction of sp³-hybridized carbons (Fsp3) is 0.548. The number of esters is 1. The van der Waals surface area contributed by atoms with Gasteiger partial charge in [0.05, 0.1) is 32.5 Å². The number of unbranched alkanes of at least 4 members (excludes halogenated alkanes) is 2. The Balaban J connectivity index is 1.20. The largest absolute Gasteiger partial charge is 0.496 e. The molecule has 2 aliphatic heterocycles. The highest BCUT2D eigenvalue weighted by Gasteiger charge is 2.42. The zero-order chi connectivity index (χ0) is 35.5. The van der Waals surface area contributed by atoms with Crippen molar-refractivity contribution in [2.24, 2.45) is 0 Å². The van der Waals surface area contributed by atoms with Gasteiger partial charge in [-0.15, -0.1) is 10.2 Å². The van der Waals surface area contributed by atoms with E-state index in [1.807, 2.05) is 0 Å². The predicted octanol–water partition coefficient (Wildman–Crippen LogP) is 0.544. The van der Waals surface area contributed by atoms with Crippen molar-refractivity contribution < 1.29 is 57.7 Å². The molecule has 3 N–H and O–H groups in total.